The number of amides is 1. The topological polar surface area (TPSA) is 108 Å². The Morgan fingerprint density at radius 2 is 1.82 bits per heavy atom. The maximum atomic E-state index is 13.4. The van der Waals surface area contributed by atoms with Crippen LogP contribution in [0.25, 0.3) is 0 Å². The second kappa shape index (κ2) is 10.2. The molecule has 0 saturated carbocycles. The van der Waals surface area contributed by atoms with E-state index >= 15 is 0 Å². The number of phenols is 1. The van der Waals surface area contributed by atoms with E-state index in [1.807, 2.05) is 13.0 Å². The van der Waals surface area contributed by atoms with E-state index in [1.54, 1.807) is 55.5 Å². The van der Waals surface area contributed by atoms with E-state index in [4.69, 9.17) is 4.74 Å². The average Bonchev–Trinajstić information content (AvgIpc) is 2.81. The largest absolute Gasteiger partial charge is 0.504 e. The number of aromatic hydroxyl groups is 1. The van der Waals surface area contributed by atoms with Gasteiger partial charge in [-0.2, -0.15) is 5.10 Å². The number of sulfonamides is 1. The number of carbonyl (C=O) groups is 1. The molecule has 0 aliphatic heterocycles. The fourth-order valence-corrected chi connectivity index (χ4v) is 4.65. The number of carbonyl (C=O) groups excluding carboxylic acids is 1. The maximum absolute atomic E-state index is 13.4. The van der Waals surface area contributed by atoms with Gasteiger partial charge in [0.25, 0.3) is 15.9 Å². The molecule has 3 aromatic rings. The number of para-hydroxylation sites is 1. The highest BCUT2D eigenvalue weighted by Crippen LogP contribution is 2.29. The number of methoxy groups -OCH3 is 1. The molecule has 1 amide bonds. The lowest BCUT2D eigenvalue weighted by Gasteiger charge is -2.25. The Balaban J connectivity index is 1.88. The standard InChI is InChI=1S/C24H25N3O5S/c1-17-12-13-18(2)21(14-17)27(33(30,31)20-9-5-4-6-10-20)16-23(28)26-25-15-19-8-7-11-22(32-3)24(19)29/h4-15,29H,16H2,1-3H3,(H,26,28)/b25-15-. The van der Waals surface area contributed by atoms with Gasteiger partial charge in [-0.15, -0.1) is 0 Å². The molecule has 0 bridgehead atoms. The lowest BCUT2D eigenvalue weighted by molar-refractivity contribution is -0.119. The molecule has 0 heterocycles. The highest BCUT2D eigenvalue weighted by atomic mass is 32.2. The minimum atomic E-state index is -4.02. The number of hydrogen-bond acceptors (Lipinski definition) is 6. The Hall–Kier alpha value is -3.85. The number of hydrazone groups is 1. The summed E-state index contributed by atoms with van der Waals surface area (Å²) in [5.74, 6) is -0.504. The van der Waals surface area contributed by atoms with Crippen molar-refractivity contribution < 1.29 is 23.1 Å². The molecule has 0 saturated heterocycles. The van der Waals surface area contributed by atoms with Crippen LogP contribution in [0, 0.1) is 13.8 Å². The lowest BCUT2D eigenvalue weighted by atomic mass is 10.1. The molecule has 0 unspecified atom stereocenters. The number of anilines is 1. The second-order valence-electron chi connectivity index (χ2n) is 7.31. The number of nitrogens with zero attached hydrogens (tertiary/aromatic N) is 2. The van der Waals surface area contributed by atoms with Crippen molar-refractivity contribution in [3.8, 4) is 11.5 Å². The van der Waals surface area contributed by atoms with Crippen molar-refractivity contribution in [3.05, 3.63) is 83.4 Å². The van der Waals surface area contributed by atoms with E-state index < -0.39 is 22.5 Å². The fourth-order valence-electron chi connectivity index (χ4n) is 3.16. The SMILES string of the molecule is COc1cccc(/C=N\NC(=O)CN(c2cc(C)ccc2C)S(=O)(=O)c2ccccc2)c1O. The van der Waals surface area contributed by atoms with Crippen LogP contribution in [0.2, 0.25) is 0 Å². The summed E-state index contributed by atoms with van der Waals surface area (Å²) in [7, 11) is -2.59. The third-order valence-corrected chi connectivity index (χ3v) is 6.67. The number of rotatable bonds is 8. The van der Waals surface area contributed by atoms with Crippen molar-refractivity contribution in [3.63, 3.8) is 0 Å². The summed E-state index contributed by atoms with van der Waals surface area (Å²) in [5.41, 5.74) is 4.63. The Morgan fingerprint density at radius 1 is 1.09 bits per heavy atom. The van der Waals surface area contributed by atoms with Crippen molar-refractivity contribution in [2.45, 2.75) is 18.7 Å². The minimum absolute atomic E-state index is 0.0727. The van der Waals surface area contributed by atoms with E-state index in [1.165, 1.54) is 25.5 Å². The number of benzene rings is 3. The van der Waals surface area contributed by atoms with Crippen LogP contribution >= 0.6 is 0 Å². The molecule has 3 aromatic carbocycles. The number of hydrogen-bond donors (Lipinski definition) is 2. The van der Waals surface area contributed by atoms with Gasteiger partial charge >= 0.3 is 0 Å². The van der Waals surface area contributed by atoms with Gasteiger partial charge in [-0.05, 0) is 55.3 Å². The second-order valence-corrected chi connectivity index (χ2v) is 9.17. The molecule has 3 rings (SSSR count). The maximum Gasteiger partial charge on any atom is 0.264 e. The predicted octanol–water partition coefficient (Wildman–Crippen LogP) is 3.36. The Bertz CT molecular complexity index is 1270. The van der Waals surface area contributed by atoms with Gasteiger partial charge in [-0.3, -0.25) is 9.10 Å². The van der Waals surface area contributed by atoms with Crippen LogP contribution in [0.4, 0.5) is 5.69 Å². The van der Waals surface area contributed by atoms with E-state index in [9.17, 15) is 18.3 Å². The zero-order chi connectivity index (χ0) is 24.0. The first-order chi connectivity index (χ1) is 15.7. The van der Waals surface area contributed by atoms with Crippen LogP contribution in [-0.2, 0) is 14.8 Å². The molecule has 0 aliphatic carbocycles. The smallest absolute Gasteiger partial charge is 0.264 e. The summed E-state index contributed by atoms with van der Waals surface area (Å²) in [5, 5.41) is 14.0. The van der Waals surface area contributed by atoms with Gasteiger partial charge < -0.3 is 9.84 Å². The van der Waals surface area contributed by atoms with E-state index in [0.29, 0.717) is 16.8 Å². The third kappa shape index (κ3) is 5.50. The number of aryl methyl sites for hydroxylation is 2. The normalized spacial score (nSPS) is 11.4. The molecular weight excluding hydrogens is 442 g/mol. The van der Waals surface area contributed by atoms with Gasteiger partial charge in [-0.25, -0.2) is 13.8 Å². The van der Waals surface area contributed by atoms with Crippen LogP contribution in [0.3, 0.4) is 0 Å². The summed E-state index contributed by atoms with van der Waals surface area (Å²) >= 11 is 0. The number of ether oxygens (including phenoxy) is 1. The van der Waals surface area contributed by atoms with Gasteiger partial charge in [0.2, 0.25) is 0 Å². The van der Waals surface area contributed by atoms with E-state index in [-0.39, 0.29) is 16.4 Å². The summed E-state index contributed by atoms with van der Waals surface area (Å²) in [4.78, 5) is 12.8. The Labute approximate surface area is 193 Å². The molecule has 0 spiro atoms. The zero-order valence-corrected chi connectivity index (χ0v) is 19.3. The van der Waals surface area contributed by atoms with Gasteiger partial charge in [0.1, 0.15) is 6.54 Å². The van der Waals surface area contributed by atoms with Crippen LogP contribution < -0.4 is 14.5 Å². The van der Waals surface area contributed by atoms with Crippen LogP contribution in [0.15, 0.2) is 76.7 Å². The lowest BCUT2D eigenvalue weighted by Crippen LogP contribution is -2.40. The van der Waals surface area contributed by atoms with Crippen LogP contribution in [-0.4, -0.2) is 39.3 Å². The molecule has 0 aromatic heterocycles. The summed E-state index contributed by atoms with van der Waals surface area (Å²) in [6.45, 7) is 3.15. The van der Waals surface area contributed by atoms with Crippen molar-refractivity contribution in [1.29, 1.82) is 0 Å². The molecule has 0 aliphatic rings. The summed E-state index contributed by atoms with van der Waals surface area (Å²) in [6, 6.07) is 18.2. The first-order valence-corrected chi connectivity index (χ1v) is 11.5. The van der Waals surface area contributed by atoms with Crippen molar-refractivity contribution in [2.24, 2.45) is 5.10 Å². The van der Waals surface area contributed by atoms with Gasteiger partial charge in [0.05, 0.1) is 23.9 Å². The molecule has 8 nitrogen and oxygen atoms in total. The van der Waals surface area contributed by atoms with Gasteiger partial charge in [-0.1, -0.05) is 36.4 Å². The molecule has 2 N–H and O–H groups in total. The highest BCUT2D eigenvalue weighted by Gasteiger charge is 2.28. The predicted molar refractivity (Wildman–Crippen MR) is 127 cm³/mol. The first-order valence-electron chi connectivity index (χ1n) is 10.1. The summed E-state index contributed by atoms with van der Waals surface area (Å²) < 4.78 is 32.9. The quantitative estimate of drug-likeness (QED) is 0.390. The van der Waals surface area contributed by atoms with Crippen LogP contribution in [0.1, 0.15) is 16.7 Å². The molecule has 0 radical (unpaired) electrons. The molecule has 9 heteroatoms. The molecule has 0 fully saturated rings. The fraction of sp³-hybridized carbons (Fsp3) is 0.167. The number of nitrogens with one attached hydrogen (secondary N) is 1. The Kier molecular flexibility index (Phi) is 7.34. The van der Waals surface area contributed by atoms with E-state index in [2.05, 4.69) is 10.5 Å². The van der Waals surface area contributed by atoms with Crippen molar-refractivity contribution in [1.82, 2.24) is 5.43 Å². The zero-order valence-electron chi connectivity index (χ0n) is 18.5. The first kappa shape index (κ1) is 23.8. The third-order valence-electron chi connectivity index (χ3n) is 4.89. The number of phenolic OH excluding ortho intramolecular Hbond substituents is 1. The van der Waals surface area contributed by atoms with Crippen LogP contribution in [0.5, 0.6) is 11.5 Å². The van der Waals surface area contributed by atoms with Gasteiger partial charge in [0.15, 0.2) is 11.5 Å². The van der Waals surface area contributed by atoms with E-state index in [0.717, 1.165) is 9.87 Å². The molecule has 0 atom stereocenters. The monoisotopic (exact) mass is 467 g/mol. The Morgan fingerprint density at radius 3 is 2.52 bits per heavy atom. The average molecular weight is 468 g/mol. The molecular formula is C24H25N3O5S. The minimum Gasteiger partial charge on any atom is -0.504 e. The molecule has 33 heavy (non-hydrogen) atoms. The highest BCUT2D eigenvalue weighted by molar-refractivity contribution is 7.92. The summed E-state index contributed by atoms with van der Waals surface area (Å²) in [6.07, 6.45) is 1.25. The molecule has 172 valence electrons. The van der Waals surface area contributed by atoms with Crippen molar-refractivity contribution >= 4 is 27.8 Å². The van der Waals surface area contributed by atoms with Crippen molar-refractivity contribution in [2.75, 3.05) is 18.0 Å². The van der Waals surface area contributed by atoms with Gasteiger partial charge in [0, 0.05) is 5.56 Å².